The molecular formula is C10H13N2O7P. The number of nitrogens with zero attached hydrogens (tertiary/aromatic N) is 1. The molecule has 0 saturated carbocycles. The Labute approximate surface area is 113 Å². The third kappa shape index (κ3) is 3.13. The summed E-state index contributed by atoms with van der Waals surface area (Å²) in [5.41, 5.74) is -0.827. The smallest absolute Gasteiger partial charge is 0.390 e. The van der Waals surface area contributed by atoms with E-state index in [2.05, 4.69) is 9.51 Å². The molecule has 3 atom stereocenters. The minimum Gasteiger partial charge on any atom is -0.390 e. The average Bonchev–Trinajstić information content (AvgIpc) is 2.72. The van der Waals surface area contributed by atoms with Gasteiger partial charge in [0, 0.05) is 18.2 Å². The molecule has 10 heteroatoms. The van der Waals surface area contributed by atoms with Gasteiger partial charge < -0.3 is 9.84 Å². The number of aryl methyl sites for hydroxylation is 1. The molecule has 1 saturated heterocycles. The Bertz CT molecular complexity index is 669. The Morgan fingerprint density at radius 2 is 2.25 bits per heavy atom. The van der Waals surface area contributed by atoms with Crippen LogP contribution in [0.3, 0.4) is 0 Å². The van der Waals surface area contributed by atoms with Gasteiger partial charge in [0.2, 0.25) is 0 Å². The Hall–Kier alpha value is -1.54. The molecule has 2 N–H and O–H groups in total. The number of aliphatic hydroxyl groups is 1. The maximum Gasteiger partial charge on any atom is 0.468 e. The highest BCUT2D eigenvalue weighted by molar-refractivity contribution is 7.24. The van der Waals surface area contributed by atoms with E-state index in [4.69, 9.17) is 4.74 Å². The Kier molecular flexibility index (Phi) is 4.34. The highest BCUT2D eigenvalue weighted by Crippen LogP contribution is 2.28. The summed E-state index contributed by atoms with van der Waals surface area (Å²) >= 11 is 0. The van der Waals surface area contributed by atoms with Crippen LogP contribution in [0.2, 0.25) is 0 Å². The van der Waals surface area contributed by atoms with Crippen molar-refractivity contribution in [2.45, 2.75) is 31.8 Å². The third-order valence-electron chi connectivity index (χ3n) is 3.00. The maximum atomic E-state index is 11.7. The first kappa shape index (κ1) is 14.9. The zero-order chi connectivity index (χ0) is 14.9. The molecule has 1 aliphatic heterocycles. The molecule has 1 fully saturated rings. The van der Waals surface area contributed by atoms with E-state index < -0.39 is 37.6 Å². The molecule has 20 heavy (non-hydrogen) atoms. The fourth-order valence-electron chi connectivity index (χ4n) is 1.97. The number of hydrogen-bond acceptors (Lipinski definition) is 7. The van der Waals surface area contributed by atoms with Crippen molar-refractivity contribution in [2.24, 2.45) is 0 Å². The minimum absolute atomic E-state index is 0.0923. The molecule has 0 amide bonds. The summed E-state index contributed by atoms with van der Waals surface area (Å²) < 4.78 is 31.6. The molecule has 2 heterocycles. The second-order valence-electron chi connectivity index (χ2n) is 4.43. The fraction of sp³-hybridized carbons (Fsp3) is 0.600. The van der Waals surface area contributed by atoms with Crippen molar-refractivity contribution in [3.8, 4) is 0 Å². The molecule has 0 aliphatic carbocycles. The van der Waals surface area contributed by atoms with Crippen molar-refractivity contribution in [3.05, 3.63) is 32.6 Å². The second kappa shape index (κ2) is 5.84. The fourth-order valence-corrected chi connectivity index (χ4v) is 2.24. The number of aliphatic hydroxyl groups excluding tert-OH is 1. The first-order valence-electron chi connectivity index (χ1n) is 5.81. The molecule has 1 aromatic rings. The number of nitrogens with one attached hydrogen (secondary N) is 1. The summed E-state index contributed by atoms with van der Waals surface area (Å²) in [7, 11) is -3.03. The summed E-state index contributed by atoms with van der Waals surface area (Å²) in [4.78, 5) is 25.1. The van der Waals surface area contributed by atoms with Crippen LogP contribution in [0, 0.1) is 6.92 Å². The van der Waals surface area contributed by atoms with Crippen LogP contribution in [-0.4, -0.2) is 33.5 Å². The molecule has 0 bridgehead atoms. The van der Waals surface area contributed by atoms with Crippen LogP contribution in [0.15, 0.2) is 15.8 Å². The number of H-pyrrole nitrogens is 1. The van der Waals surface area contributed by atoms with Crippen molar-refractivity contribution in [1.82, 2.24) is 9.55 Å². The third-order valence-corrected chi connectivity index (χ3v) is 3.36. The van der Waals surface area contributed by atoms with E-state index in [1.54, 1.807) is 0 Å². The molecular weight excluding hydrogens is 291 g/mol. The van der Waals surface area contributed by atoms with Gasteiger partial charge in [-0.15, -0.1) is 0 Å². The van der Waals surface area contributed by atoms with E-state index in [0.717, 1.165) is 4.57 Å². The van der Waals surface area contributed by atoms with Crippen molar-refractivity contribution in [2.75, 3.05) is 6.61 Å². The van der Waals surface area contributed by atoms with Crippen LogP contribution >= 0.6 is 7.91 Å². The monoisotopic (exact) mass is 304 g/mol. The Morgan fingerprint density at radius 1 is 1.55 bits per heavy atom. The molecule has 2 rings (SSSR count). The van der Waals surface area contributed by atoms with E-state index in [-0.39, 0.29) is 13.0 Å². The number of aromatic amines is 1. The lowest BCUT2D eigenvalue weighted by molar-refractivity contribution is -0.0403. The van der Waals surface area contributed by atoms with Crippen LogP contribution in [0.25, 0.3) is 0 Å². The zero-order valence-corrected chi connectivity index (χ0v) is 11.4. The molecule has 0 aromatic carbocycles. The van der Waals surface area contributed by atoms with Crippen LogP contribution in [0.4, 0.5) is 0 Å². The van der Waals surface area contributed by atoms with Gasteiger partial charge in [-0.05, 0) is 6.92 Å². The Morgan fingerprint density at radius 3 is 2.90 bits per heavy atom. The summed E-state index contributed by atoms with van der Waals surface area (Å²) in [6, 6.07) is 0. The molecule has 1 aromatic heterocycles. The van der Waals surface area contributed by atoms with Crippen molar-refractivity contribution < 1.29 is 23.5 Å². The van der Waals surface area contributed by atoms with Crippen LogP contribution in [0.1, 0.15) is 18.2 Å². The molecule has 1 aliphatic rings. The van der Waals surface area contributed by atoms with Crippen LogP contribution < -0.4 is 11.2 Å². The topological polar surface area (TPSA) is 128 Å². The van der Waals surface area contributed by atoms with Gasteiger partial charge in [-0.1, -0.05) is 0 Å². The lowest BCUT2D eigenvalue weighted by Crippen LogP contribution is -2.33. The predicted octanol–water partition coefficient (Wildman–Crippen LogP) is -0.402. The van der Waals surface area contributed by atoms with Crippen LogP contribution in [-0.2, 0) is 18.4 Å². The van der Waals surface area contributed by atoms with Gasteiger partial charge in [0.25, 0.3) is 5.56 Å². The number of ether oxygens (including phenoxy) is 1. The summed E-state index contributed by atoms with van der Waals surface area (Å²) in [5.74, 6) is 0. The van der Waals surface area contributed by atoms with Gasteiger partial charge in [-0.2, -0.15) is 0 Å². The minimum atomic E-state index is -3.03. The van der Waals surface area contributed by atoms with E-state index in [1.165, 1.54) is 13.1 Å². The van der Waals surface area contributed by atoms with Gasteiger partial charge in [-0.3, -0.25) is 18.9 Å². The summed E-state index contributed by atoms with van der Waals surface area (Å²) in [5, 5.41) is 9.76. The van der Waals surface area contributed by atoms with Crippen molar-refractivity contribution >= 4 is 7.91 Å². The van der Waals surface area contributed by atoms with Crippen LogP contribution in [0.5, 0.6) is 0 Å². The molecule has 0 unspecified atom stereocenters. The van der Waals surface area contributed by atoms with E-state index in [1.807, 2.05) is 0 Å². The van der Waals surface area contributed by atoms with Gasteiger partial charge in [0.05, 0.1) is 12.7 Å². The molecule has 0 radical (unpaired) electrons. The first-order chi connectivity index (χ1) is 9.38. The van der Waals surface area contributed by atoms with E-state index in [9.17, 15) is 23.8 Å². The zero-order valence-electron chi connectivity index (χ0n) is 10.5. The summed E-state index contributed by atoms with van der Waals surface area (Å²) in [6.07, 6.45) is -1.18. The number of hydrogen-bond donors (Lipinski definition) is 2. The first-order valence-corrected chi connectivity index (χ1v) is 6.91. The van der Waals surface area contributed by atoms with E-state index >= 15 is 0 Å². The van der Waals surface area contributed by atoms with Gasteiger partial charge in [-0.25, -0.2) is 13.9 Å². The SMILES string of the molecule is Cc1cn([C@H]2C[C@H](O)[C@@H](COP(=O)=O)O2)c(=O)[nH]c1=O. The molecule has 0 spiro atoms. The van der Waals surface area contributed by atoms with Crippen molar-refractivity contribution in [3.63, 3.8) is 0 Å². The quantitative estimate of drug-likeness (QED) is 0.724. The predicted molar refractivity (Wildman–Crippen MR) is 64.8 cm³/mol. The highest BCUT2D eigenvalue weighted by atomic mass is 31.1. The van der Waals surface area contributed by atoms with Crippen molar-refractivity contribution in [1.29, 1.82) is 0 Å². The Balaban J connectivity index is 2.18. The van der Waals surface area contributed by atoms with Gasteiger partial charge in [0.15, 0.2) is 0 Å². The molecule has 110 valence electrons. The maximum absolute atomic E-state index is 11.7. The average molecular weight is 304 g/mol. The largest absolute Gasteiger partial charge is 0.468 e. The standard InChI is InChI=1S/C10H13N2O7P/c1-5-3-12(10(15)11-9(5)14)8-2-6(13)7(19-8)4-18-20(16)17/h3,6-8,13H,2,4H2,1H3,(H,11,14,15)/t6-,7+,8+/m0/s1. The lowest BCUT2D eigenvalue weighted by Gasteiger charge is -2.15. The number of aromatic nitrogens is 2. The number of rotatable bonds is 4. The molecule has 9 nitrogen and oxygen atoms in total. The normalized spacial score (nSPS) is 25.8. The van der Waals surface area contributed by atoms with Gasteiger partial charge >= 0.3 is 13.6 Å². The lowest BCUT2D eigenvalue weighted by atomic mass is 10.2. The second-order valence-corrected chi connectivity index (χ2v) is 5.14. The van der Waals surface area contributed by atoms with E-state index in [0.29, 0.717) is 5.56 Å². The summed E-state index contributed by atoms with van der Waals surface area (Å²) in [6.45, 7) is 1.20. The highest BCUT2D eigenvalue weighted by Gasteiger charge is 2.36. The van der Waals surface area contributed by atoms with Gasteiger partial charge in [0.1, 0.15) is 12.3 Å².